The molecule has 1 atom stereocenters. The Bertz CT molecular complexity index is 1380. The number of Topliss-reactive ketones (excluding diaryl/α,β-unsaturated/α-hetero) is 2. The molecule has 0 aromatic heterocycles. The lowest BCUT2D eigenvalue weighted by atomic mass is 9.98. The van der Waals surface area contributed by atoms with Crippen LogP contribution in [-0.2, 0) is 27.3 Å². The summed E-state index contributed by atoms with van der Waals surface area (Å²) in [7, 11) is 0. The monoisotopic (exact) mass is 454 g/mol. The maximum Gasteiger partial charge on any atom is 0.255 e. The van der Waals surface area contributed by atoms with Gasteiger partial charge in [-0.05, 0) is 46.9 Å². The lowest BCUT2D eigenvalue weighted by Crippen LogP contribution is -2.52. The van der Waals surface area contributed by atoms with Crippen molar-refractivity contribution in [1.82, 2.24) is 10.2 Å². The van der Waals surface area contributed by atoms with E-state index in [-0.39, 0.29) is 31.2 Å². The Morgan fingerprint density at radius 3 is 2.53 bits per heavy atom. The van der Waals surface area contributed by atoms with Gasteiger partial charge in [0.1, 0.15) is 6.04 Å². The van der Waals surface area contributed by atoms with Gasteiger partial charge in [0.2, 0.25) is 23.4 Å². The molecule has 0 aliphatic carbocycles. The van der Waals surface area contributed by atoms with Gasteiger partial charge in [-0.1, -0.05) is 48.5 Å². The van der Waals surface area contributed by atoms with Crippen LogP contribution >= 0.6 is 0 Å². The van der Waals surface area contributed by atoms with Gasteiger partial charge in [0.15, 0.2) is 0 Å². The number of piperidine rings is 1. The van der Waals surface area contributed by atoms with Crippen molar-refractivity contribution >= 4 is 40.1 Å². The Morgan fingerprint density at radius 1 is 0.941 bits per heavy atom. The van der Waals surface area contributed by atoms with Crippen molar-refractivity contribution in [2.24, 2.45) is 0 Å². The first-order valence-corrected chi connectivity index (χ1v) is 11.2. The van der Waals surface area contributed by atoms with Crippen molar-refractivity contribution in [1.29, 1.82) is 0 Å². The van der Waals surface area contributed by atoms with Crippen LogP contribution in [0.3, 0.4) is 0 Å². The topological polar surface area (TPSA) is 101 Å². The van der Waals surface area contributed by atoms with Crippen LogP contribution in [0, 0.1) is 0 Å². The van der Waals surface area contributed by atoms with Crippen LogP contribution in [0.15, 0.2) is 60.7 Å². The van der Waals surface area contributed by atoms with Gasteiger partial charge in [0.05, 0.1) is 0 Å². The first-order valence-electron chi connectivity index (χ1n) is 11.2. The van der Waals surface area contributed by atoms with Crippen LogP contribution in [0.1, 0.15) is 51.1 Å². The minimum absolute atomic E-state index is 0.0647. The number of carbonyl (C=O) groups is 5. The lowest BCUT2D eigenvalue weighted by molar-refractivity contribution is -0.136. The smallest absolute Gasteiger partial charge is 0.255 e. The first kappa shape index (κ1) is 21.7. The Balaban J connectivity index is 1.25. The normalized spacial score (nSPS) is 17.6. The standard InChI is InChI=1S/C27H22N2O5/c30-23(25(32)19-8-7-17-3-1-2-4-18(17)14-19)11-6-16-5-9-21-20(13-16)15-29(27(21)34)22-10-12-24(31)28-26(22)33/h1-5,7-9,13-14,22H,6,10-12,15H2,(H,28,31,33). The zero-order chi connectivity index (χ0) is 23.8. The molecule has 7 heteroatoms. The molecular weight excluding hydrogens is 432 g/mol. The van der Waals surface area contributed by atoms with E-state index in [9.17, 15) is 24.0 Å². The fourth-order valence-corrected chi connectivity index (χ4v) is 4.65. The zero-order valence-corrected chi connectivity index (χ0v) is 18.4. The second-order valence-electron chi connectivity index (χ2n) is 8.71. The van der Waals surface area contributed by atoms with E-state index in [4.69, 9.17) is 0 Å². The Kier molecular flexibility index (Phi) is 5.53. The summed E-state index contributed by atoms with van der Waals surface area (Å²) in [5.41, 5.74) is 2.52. The molecule has 0 saturated carbocycles. The molecule has 0 radical (unpaired) electrons. The second-order valence-corrected chi connectivity index (χ2v) is 8.71. The number of fused-ring (bicyclic) bond motifs is 2. The Hall–Kier alpha value is -4.13. The molecule has 2 aliphatic rings. The summed E-state index contributed by atoms with van der Waals surface area (Å²) in [4.78, 5) is 63.1. The molecule has 2 heterocycles. The molecule has 1 unspecified atom stereocenters. The van der Waals surface area contributed by atoms with Crippen LogP contribution < -0.4 is 5.32 Å². The predicted octanol–water partition coefficient (Wildman–Crippen LogP) is 2.99. The highest BCUT2D eigenvalue weighted by atomic mass is 16.2. The van der Waals surface area contributed by atoms with E-state index >= 15 is 0 Å². The van der Waals surface area contributed by atoms with Crippen LogP contribution in [0.4, 0.5) is 0 Å². The molecule has 3 aromatic carbocycles. The third-order valence-electron chi connectivity index (χ3n) is 6.49. The average Bonchev–Trinajstić information content (AvgIpc) is 3.17. The molecule has 1 N–H and O–H groups in total. The largest absolute Gasteiger partial charge is 0.322 e. The molecular formula is C27H22N2O5. The van der Waals surface area contributed by atoms with Crippen LogP contribution in [0.5, 0.6) is 0 Å². The summed E-state index contributed by atoms with van der Waals surface area (Å²) >= 11 is 0. The van der Waals surface area contributed by atoms with Gasteiger partial charge in [-0.15, -0.1) is 0 Å². The molecule has 3 amide bonds. The summed E-state index contributed by atoms with van der Waals surface area (Å²) in [6.45, 7) is 0.276. The molecule has 34 heavy (non-hydrogen) atoms. The summed E-state index contributed by atoms with van der Waals surface area (Å²) in [5, 5.41) is 4.20. The number of aryl methyl sites for hydroxylation is 1. The minimum Gasteiger partial charge on any atom is -0.322 e. The summed E-state index contributed by atoms with van der Waals surface area (Å²) in [6.07, 6.45) is 0.949. The molecule has 1 saturated heterocycles. The maximum absolute atomic E-state index is 12.8. The highest BCUT2D eigenvalue weighted by molar-refractivity contribution is 6.44. The molecule has 0 spiro atoms. The number of hydrogen-bond donors (Lipinski definition) is 1. The van der Waals surface area contributed by atoms with Crippen molar-refractivity contribution in [3.05, 3.63) is 82.9 Å². The molecule has 5 rings (SSSR count). The first-order chi connectivity index (χ1) is 16.4. The summed E-state index contributed by atoms with van der Waals surface area (Å²) in [6, 6.07) is 17.6. The fraction of sp³-hybridized carbons (Fsp3) is 0.222. The van der Waals surface area contributed by atoms with Gasteiger partial charge in [-0.25, -0.2) is 0 Å². The second kappa shape index (κ2) is 8.67. The summed E-state index contributed by atoms with van der Waals surface area (Å²) in [5.74, 6) is -1.98. The van der Waals surface area contributed by atoms with E-state index in [2.05, 4.69) is 5.32 Å². The van der Waals surface area contributed by atoms with Crippen molar-refractivity contribution in [2.75, 3.05) is 0 Å². The van der Waals surface area contributed by atoms with Gasteiger partial charge in [-0.2, -0.15) is 0 Å². The van der Waals surface area contributed by atoms with Crippen LogP contribution in [0.25, 0.3) is 10.8 Å². The zero-order valence-electron chi connectivity index (χ0n) is 18.4. The van der Waals surface area contributed by atoms with Gasteiger partial charge in [-0.3, -0.25) is 29.3 Å². The number of ketones is 2. The molecule has 2 aliphatic heterocycles. The van der Waals surface area contributed by atoms with Crippen LogP contribution in [0.2, 0.25) is 0 Å². The van der Waals surface area contributed by atoms with Gasteiger partial charge in [0.25, 0.3) is 5.91 Å². The highest BCUT2D eigenvalue weighted by Crippen LogP contribution is 2.28. The Labute approximate surface area is 195 Å². The van der Waals surface area contributed by atoms with Crippen molar-refractivity contribution in [3.8, 4) is 0 Å². The lowest BCUT2D eigenvalue weighted by Gasteiger charge is -2.29. The number of rotatable bonds is 6. The number of hydrogen-bond acceptors (Lipinski definition) is 5. The number of nitrogens with one attached hydrogen (secondary N) is 1. The van der Waals surface area contributed by atoms with Crippen molar-refractivity contribution < 1.29 is 24.0 Å². The molecule has 170 valence electrons. The van der Waals surface area contributed by atoms with E-state index < -0.39 is 23.5 Å². The number of carbonyl (C=O) groups excluding carboxylic acids is 5. The van der Waals surface area contributed by atoms with E-state index in [1.165, 1.54) is 4.90 Å². The van der Waals surface area contributed by atoms with Crippen molar-refractivity contribution in [3.63, 3.8) is 0 Å². The van der Waals surface area contributed by atoms with Crippen molar-refractivity contribution in [2.45, 2.75) is 38.3 Å². The molecule has 3 aromatic rings. The average molecular weight is 454 g/mol. The Morgan fingerprint density at radius 2 is 1.74 bits per heavy atom. The molecule has 1 fully saturated rings. The molecule has 0 bridgehead atoms. The summed E-state index contributed by atoms with van der Waals surface area (Å²) < 4.78 is 0. The molecule has 7 nitrogen and oxygen atoms in total. The van der Waals surface area contributed by atoms with Crippen LogP contribution in [-0.4, -0.2) is 40.2 Å². The number of benzene rings is 3. The third kappa shape index (κ3) is 4.01. The number of imide groups is 1. The predicted molar refractivity (Wildman–Crippen MR) is 124 cm³/mol. The number of amides is 3. The van der Waals surface area contributed by atoms with Gasteiger partial charge in [0, 0.05) is 30.5 Å². The quantitative estimate of drug-likeness (QED) is 0.351. The SMILES string of the molecule is O=C1CCC(N2Cc3cc(CCC(=O)C(=O)c4ccc5ccccc5c4)ccc3C2=O)C(=O)N1. The minimum atomic E-state index is -0.665. The van der Waals surface area contributed by atoms with Gasteiger partial charge < -0.3 is 4.90 Å². The number of nitrogens with zero attached hydrogens (tertiary/aromatic N) is 1. The maximum atomic E-state index is 12.8. The van der Waals surface area contributed by atoms with Gasteiger partial charge >= 0.3 is 0 Å². The van der Waals surface area contributed by atoms with E-state index in [0.29, 0.717) is 24.0 Å². The van der Waals surface area contributed by atoms with E-state index in [1.807, 2.05) is 36.4 Å². The van der Waals surface area contributed by atoms with E-state index in [0.717, 1.165) is 21.9 Å². The van der Waals surface area contributed by atoms with E-state index in [1.54, 1.807) is 24.3 Å². The fourth-order valence-electron chi connectivity index (χ4n) is 4.65. The highest BCUT2D eigenvalue weighted by Gasteiger charge is 2.39. The third-order valence-corrected chi connectivity index (χ3v) is 6.49.